The zero-order chi connectivity index (χ0) is 22.4. The SMILES string of the molecule is CCNC(=O)C1(Cc2ccc(-c3ccccc3)cc2)CCN(C(=O)c2ccccn2)CC1. The number of carbonyl (C=O) groups is 2. The zero-order valence-corrected chi connectivity index (χ0v) is 18.5. The molecule has 2 amide bonds. The van der Waals surface area contributed by atoms with Crippen molar-refractivity contribution in [2.45, 2.75) is 26.2 Å². The summed E-state index contributed by atoms with van der Waals surface area (Å²) in [5.41, 5.74) is 3.43. The molecule has 1 fully saturated rings. The van der Waals surface area contributed by atoms with Crippen molar-refractivity contribution in [1.29, 1.82) is 0 Å². The highest BCUT2D eigenvalue weighted by atomic mass is 16.2. The molecule has 0 unspecified atom stereocenters. The molecule has 0 saturated carbocycles. The Labute approximate surface area is 189 Å². The molecule has 1 aromatic heterocycles. The second kappa shape index (κ2) is 9.77. The molecular weight excluding hydrogens is 398 g/mol. The van der Waals surface area contributed by atoms with Gasteiger partial charge in [-0.1, -0.05) is 60.7 Å². The average molecular weight is 428 g/mol. The summed E-state index contributed by atoms with van der Waals surface area (Å²) in [6.45, 7) is 3.65. The molecule has 0 aliphatic carbocycles. The van der Waals surface area contributed by atoms with Gasteiger partial charge in [-0.15, -0.1) is 0 Å². The number of likely N-dealkylation sites (tertiary alicyclic amines) is 1. The van der Waals surface area contributed by atoms with Gasteiger partial charge in [0.15, 0.2) is 0 Å². The molecule has 164 valence electrons. The molecule has 5 heteroatoms. The van der Waals surface area contributed by atoms with Gasteiger partial charge in [-0.25, -0.2) is 0 Å². The summed E-state index contributed by atoms with van der Waals surface area (Å²) in [6.07, 6.45) is 3.57. The lowest BCUT2D eigenvalue weighted by Crippen LogP contribution is -2.51. The summed E-state index contributed by atoms with van der Waals surface area (Å²) in [5, 5.41) is 3.03. The first kappa shape index (κ1) is 21.8. The molecule has 1 N–H and O–H groups in total. The quantitative estimate of drug-likeness (QED) is 0.636. The van der Waals surface area contributed by atoms with E-state index >= 15 is 0 Å². The highest BCUT2D eigenvalue weighted by Crippen LogP contribution is 2.36. The van der Waals surface area contributed by atoms with Crippen molar-refractivity contribution < 1.29 is 9.59 Å². The highest BCUT2D eigenvalue weighted by Gasteiger charge is 2.42. The first-order chi connectivity index (χ1) is 15.6. The van der Waals surface area contributed by atoms with Crippen molar-refractivity contribution in [3.05, 3.63) is 90.3 Å². The van der Waals surface area contributed by atoms with Gasteiger partial charge in [-0.2, -0.15) is 0 Å². The van der Waals surface area contributed by atoms with E-state index in [1.165, 1.54) is 5.56 Å². The summed E-state index contributed by atoms with van der Waals surface area (Å²) >= 11 is 0. The van der Waals surface area contributed by atoms with E-state index in [0.29, 0.717) is 44.6 Å². The lowest BCUT2D eigenvalue weighted by molar-refractivity contribution is -0.133. The Morgan fingerprint density at radius 3 is 2.19 bits per heavy atom. The lowest BCUT2D eigenvalue weighted by atomic mass is 9.72. The van der Waals surface area contributed by atoms with Crippen LogP contribution in [0.25, 0.3) is 11.1 Å². The van der Waals surface area contributed by atoms with Crippen molar-refractivity contribution in [2.75, 3.05) is 19.6 Å². The van der Waals surface area contributed by atoms with Crippen LogP contribution < -0.4 is 5.32 Å². The highest BCUT2D eigenvalue weighted by molar-refractivity contribution is 5.92. The lowest BCUT2D eigenvalue weighted by Gasteiger charge is -2.40. The largest absolute Gasteiger partial charge is 0.356 e. The van der Waals surface area contributed by atoms with Gasteiger partial charge >= 0.3 is 0 Å². The number of pyridine rings is 1. The number of carbonyl (C=O) groups excluding carboxylic acids is 2. The van der Waals surface area contributed by atoms with Crippen molar-refractivity contribution in [2.24, 2.45) is 5.41 Å². The van der Waals surface area contributed by atoms with Crippen LogP contribution in [-0.4, -0.2) is 41.3 Å². The Kier molecular flexibility index (Phi) is 6.64. The molecule has 1 aliphatic heterocycles. The van der Waals surface area contributed by atoms with Crippen LogP contribution in [0.15, 0.2) is 79.0 Å². The number of piperidine rings is 1. The van der Waals surface area contributed by atoms with Crippen molar-refractivity contribution in [3.63, 3.8) is 0 Å². The minimum Gasteiger partial charge on any atom is -0.356 e. The summed E-state index contributed by atoms with van der Waals surface area (Å²) in [6, 6.07) is 24.1. The molecule has 32 heavy (non-hydrogen) atoms. The van der Waals surface area contributed by atoms with E-state index in [-0.39, 0.29) is 11.8 Å². The molecule has 0 radical (unpaired) electrons. The molecule has 2 aromatic carbocycles. The van der Waals surface area contributed by atoms with Crippen molar-refractivity contribution >= 4 is 11.8 Å². The Morgan fingerprint density at radius 1 is 0.906 bits per heavy atom. The Bertz CT molecular complexity index is 1040. The Hall–Kier alpha value is -3.47. The third-order valence-electron chi connectivity index (χ3n) is 6.31. The number of nitrogens with one attached hydrogen (secondary N) is 1. The van der Waals surface area contributed by atoms with E-state index in [1.807, 2.05) is 36.1 Å². The van der Waals surface area contributed by atoms with Crippen LogP contribution in [0.2, 0.25) is 0 Å². The van der Waals surface area contributed by atoms with E-state index in [1.54, 1.807) is 18.3 Å². The monoisotopic (exact) mass is 427 g/mol. The second-order valence-corrected chi connectivity index (χ2v) is 8.39. The van der Waals surface area contributed by atoms with Crippen LogP contribution >= 0.6 is 0 Å². The van der Waals surface area contributed by atoms with E-state index in [4.69, 9.17) is 0 Å². The fraction of sp³-hybridized carbons (Fsp3) is 0.296. The summed E-state index contributed by atoms with van der Waals surface area (Å²) in [7, 11) is 0. The summed E-state index contributed by atoms with van der Waals surface area (Å²) in [5.74, 6) is 0.0133. The van der Waals surface area contributed by atoms with Crippen LogP contribution in [0.4, 0.5) is 0 Å². The second-order valence-electron chi connectivity index (χ2n) is 8.39. The third kappa shape index (κ3) is 4.72. The summed E-state index contributed by atoms with van der Waals surface area (Å²) < 4.78 is 0. The first-order valence-corrected chi connectivity index (χ1v) is 11.2. The van der Waals surface area contributed by atoms with Gasteiger partial charge in [0.1, 0.15) is 5.69 Å². The normalized spacial score (nSPS) is 15.2. The minimum absolute atomic E-state index is 0.0673. The Morgan fingerprint density at radius 2 is 1.56 bits per heavy atom. The molecule has 3 aromatic rings. The molecule has 5 nitrogen and oxygen atoms in total. The average Bonchev–Trinajstić information content (AvgIpc) is 2.86. The standard InChI is InChI=1S/C27H29N3O2/c1-2-28-26(32)27(15-18-30(19-16-27)25(31)24-10-6-7-17-29-24)20-21-11-13-23(14-12-21)22-8-4-3-5-9-22/h3-14,17H,2,15-16,18-20H2,1H3,(H,28,32). The predicted octanol–water partition coefficient (Wildman–Crippen LogP) is 4.35. The number of rotatable bonds is 6. The number of hydrogen-bond donors (Lipinski definition) is 1. The Balaban J connectivity index is 1.49. The first-order valence-electron chi connectivity index (χ1n) is 11.2. The smallest absolute Gasteiger partial charge is 0.272 e. The number of hydrogen-bond acceptors (Lipinski definition) is 3. The maximum atomic E-state index is 13.1. The number of nitrogens with zero attached hydrogens (tertiary/aromatic N) is 2. The van der Waals surface area contributed by atoms with Gasteiger partial charge in [0.2, 0.25) is 5.91 Å². The molecule has 0 spiro atoms. The molecule has 2 heterocycles. The molecule has 0 bridgehead atoms. The molecular formula is C27H29N3O2. The van der Waals surface area contributed by atoms with Gasteiger partial charge in [0.05, 0.1) is 5.41 Å². The molecule has 4 rings (SSSR count). The maximum absolute atomic E-state index is 13.1. The van der Waals surface area contributed by atoms with Gasteiger partial charge in [0.25, 0.3) is 5.91 Å². The predicted molar refractivity (Wildman–Crippen MR) is 126 cm³/mol. The number of aromatic nitrogens is 1. The fourth-order valence-corrected chi connectivity index (χ4v) is 4.46. The number of amides is 2. The van der Waals surface area contributed by atoms with Crippen molar-refractivity contribution in [3.8, 4) is 11.1 Å². The van der Waals surface area contributed by atoms with Gasteiger partial charge in [-0.05, 0) is 55.0 Å². The minimum atomic E-state index is -0.509. The molecule has 1 aliphatic rings. The van der Waals surface area contributed by atoms with Crippen LogP contribution in [0.3, 0.4) is 0 Å². The van der Waals surface area contributed by atoms with E-state index in [2.05, 4.69) is 46.7 Å². The van der Waals surface area contributed by atoms with Crippen molar-refractivity contribution in [1.82, 2.24) is 15.2 Å². The van der Waals surface area contributed by atoms with Gasteiger partial charge in [0, 0.05) is 25.8 Å². The van der Waals surface area contributed by atoms with E-state index < -0.39 is 5.41 Å². The zero-order valence-electron chi connectivity index (χ0n) is 18.5. The summed E-state index contributed by atoms with van der Waals surface area (Å²) in [4.78, 5) is 31.9. The number of benzene rings is 2. The van der Waals surface area contributed by atoms with E-state index in [0.717, 1.165) is 11.1 Å². The van der Waals surface area contributed by atoms with Crippen LogP contribution in [0.1, 0.15) is 35.8 Å². The molecule has 1 saturated heterocycles. The topological polar surface area (TPSA) is 62.3 Å². The van der Waals surface area contributed by atoms with Gasteiger partial charge < -0.3 is 10.2 Å². The fourth-order valence-electron chi connectivity index (χ4n) is 4.46. The third-order valence-corrected chi connectivity index (χ3v) is 6.31. The molecule has 0 atom stereocenters. The van der Waals surface area contributed by atoms with E-state index in [9.17, 15) is 9.59 Å². The van der Waals surface area contributed by atoms with Gasteiger partial charge in [-0.3, -0.25) is 14.6 Å². The van der Waals surface area contributed by atoms with Crippen LogP contribution in [-0.2, 0) is 11.2 Å². The van der Waals surface area contributed by atoms with Crippen LogP contribution in [0.5, 0.6) is 0 Å². The van der Waals surface area contributed by atoms with Crippen LogP contribution in [0, 0.1) is 5.41 Å². The maximum Gasteiger partial charge on any atom is 0.272 e.